The standard InChI is InChI=1S/C19H16F3NO5/c1-11(12-5-6-15-16(8-12)28-10-27-15)23-17(24)9-26-18(25)13-3-2-4-14(7-13)19(20,21)22/h2-8,11H,9-10H2,1H3,(H,23,24)/t11-/m1/s1. The van der Waals surface area contributed by atoms with Crippen LogP contribution in [0.25, 0.3) is 0 Å². The zero-order chi connectivity index (χ0) is 20.3. The highest BCUT2D eigenvalue weighted by molar-refractivity contribution is 5.91. The first kappa shape index (κ1) is 19.5. The molecule has 2 aromatic rings. The molecule has 148 valence electrons. The number of carbonyl (C=O) groups is 2. The van der Waals surface area contributed by atoms with Gasteiger partial charge in [-0.3, -0.25) is 4.79 Å². The molecule has 0 fully saturated rings. The maximum absolute atomic E-state index is 12.7. The minimum atomic E-state index is -4.58. The van der Waals surface area contributed by atoms with Gasteiger partial charge < -0.3 is 19.5 Å². The van der Waals surface area contributed by atoms with Gasteiger partial charge in [-0.1, -0.05) is 12.1 Å². The molecule has 28 heavy (non-hydrogen) atoms. The molecule has 1 heterocycles. The van der Waals surface area contributed by atoms with Crippen LogP contribution in [0.1, 0.15) is 34.5 Å². The van der Waals surface area contributed by atoms with Crippen molar-refractivity contribution in [1.29, 1.82) is 0 Å². The molecule has 0 bridgehead atoms. The zero-order valence-electron chi connectivity index (χ0n) is 14.7. The molecule has 9 heteroatoms. The second-order valence-corrected chi connectivity index (χ2v) is 6.06. The summed E-state index contributed by atoms with van der Waals surface area (Å²) in [4.78, 5) is 23.9. The monoisotopic (exact) mass is 395 g/mol. The fraction of sp³-hybridized carbons (Fsp3) is 0.263. The summed E-state index contributed by atoms with van der Waals surface area (Å²) in [6.45, 7) is 1.24. The summed E-state index contributed by atoms with van der Waals surface area (Å²) in [6, 6.07) is 8.59. The van der Waals surface area contributed by atoms with Gasteiger partial charge in [-0.05, 0) is 42.8 Å². The lowest BCUT2D eigenvalue weighted by Crippen LogP contribution is -2.31. The molecule has 6 nitrogen and oxygen atoms in total. The van der Waals surface area contributed by atoms with Crippen molar-refractivity contribution in [2.45, 2.75) is 19.1 Å². The van der Waals surface area contributed by atoms with E-state index in [4.69, 9.17) is 14.2 Å². The number of nitrogens with one attached hydrogen (secondary N) is 1. The molecule has 0 radical (unpaired) electrons. The van der Waals surface area contributed by atoms with Gasteiger partial charge in [0.05, 0.1) is 17.2 Å². The molecule has 0 spiro atoms. The highest BCUT2D eigenvalue weighted by Crippen LogP contribution is 2.34. The zero-order valence-corrected chi connectivity index (χ0v) is 14.7. The summed E-state index contributed by atoms with van der Waals surface area (Å²) in [5.74, 6) is -0.436. The first-order valence-electron chi connectivity index (χ1n) is 8.27. The van der Waals surface area contributed by atoms with Gasteiger partial charge in [0.1, 0.15) is 0 Å². The van der Waals surface area contributed by atoms with E-state index >= 15 is 0 Å². The van der Waals surface area contributed by atoms with Gasteiger partial charge in [0.25, 0.3) is 5.91 Å². The number of carbonyl (C=O) groups excluding carboxylic acids is 2. The van der Waals surface area contributed by atoms with E-state index in [0.29, 0.717) is 17.6 Å². The average Bonchev–Trinajstić information content (AvgIpc) is 3.13. The molecule has 1 aliphatic heterocycles. The van der Waals surface area contributed by atoms with Crippen LogP contribution in [0.5, 0.6) is 11.5 Å². The van der Waals surface area contributed by atoms with Crippen LogP contribution in [0.2, 0.25) is 0 Å². The highest BCUT2D eigenvalue weighted by Gasteiger charge is 2.31. The normalized spacial score (nSPS) is 13.7. The Labute approximate surface area is 158 Å². The number of esters is 1. The summed E-state index contributed by atoms with van der Waals surface area (Å²) in [6.07, 6.45) is -4.58. The number of amides is 1. The van der Waals surface area contributed by atoms with E-state index in [2.05, 4.69) is 5.32 Å². The molecule has 1 atom stereocenters. The second-order valence-electron chi connectivity index (χ2n) is 6.06. The molecular formula is C19H16F3NO5. The molecular weight excluding hydrogens is 379 g/mol. The minimum Gasteiger partial charge on any atom is -0.454 e. The van der Waals surface area contributed by atoms with Crippen molar-refractivity contribution in [1.82, 2.24) is 5.32 Å². The Bertz CT molecular complexity index is 897. The van der Waals surface area contributed by atoms with Gasteiger partial charge in [0, 0.05) is 0 Å². The third kappa shape index (κ3) is 4.54. The minimum absolute atomic E-state index is 0.130. The number of halogens is 3. The van der Waals surface area contributed by atoms with Crippen LogP contribution in [0.3, 0.4) is 0 Å². The van der Waals surface area contributed by atoms with E-state index in [1.165, 1.54) is 6.07 Å². The maximum Gasteiger partial charge on any atom is 0.416 e. The van der Waals surface area contributed by atoms with Crippen LogP contribution in [-0.2, 0) is 15.7 Å². The van der Waals surface area contributed by atoms with Gasteiger partial charge in [0.2, 0.25) is 6.79 Å². The predicted octanol–water partition coefficient (Wildman–Crippen LogP) is 3.47. The lowest BCUT2D eigenvalue weighted by molar-refractivity contribution is -0.137. The van der Waals surface area contributed by atoms with Gasteiger partial charge in [-0.2, -0.15) is 13.2 Å². The summed E-state index contributed by atoms with van der Waals surface area (Å²) >= 11 is 0. The Kier molecular flexibility index (Phi) is 5.43. The van der Waals surface area contributed by atoms with Crippen molar-refractivity contribution in [3.05, 3.63) is 59.2 Å². The van der Waals surface area contributed by atoms with Gasteiger partial charge >= 0.3 is 12.1 Å². The Hall–Kier alpha value is -3.23. The van der Waals surface area contributed by atoms with Crippen molar-refractivity contribution in [3.8, 4) is 11.5 Å². The van der Waals surface area contributed by atoms with E-state index in [1.54, 1.807) is 25.1 Å². The number of hydrogen-bond donors (Lipinski definition) is 1. The van der Waals surface area contributed by atoms with Crippen LogP contribution in [0, 0.1) is 0 Å². The molecule has 0 saturated carbocycles. The molecule has 1 N–H and O–H groups in total. The van der Waals surface area contributed by atoms with E-state index in [9.17, 15) is 22.8 Å². The first-order valence-corrected chi connectivity index (χ1v) is 8.27. The Morgan fingerprint density at radius 2 is 1.89 bits per heavy atom. The molecule has 1 aliphatic rings. The number of ether oxygens (including phenoxy) is 3. The summed E-state index contributed by atoms with van der Waals surface area (Å²) < 4.78 is 53.4. The van der Waals surface area contributed by atoms with Crippen LogP contribution >= 0.6 is 0 Å². The molecule has 1 amide bonds. The Balaban J connectivity index is 1.54. The van der Waals surface area contributed by atoms with E-state index in [-0.39, 0.29) is 12.4 Å². The largest absolute Gasteiger partial charge is 0.454 e. The summed E-state index contributed by atoms with van der Waals surface area (Å²) in [7, 11) is 0. The van der Waals surface area contributed by atoms with Crippen molar-refractivity contribution >= 4 is 11.9 Å². The highest BCUT2D eigenvalue weighted by atomic mass is 19.4. The average molecular weight is 395 g/mol. The van der Waals surface area contributed by atoms with E-state index in [1.807, 2.05) is 0 Å². The SMILES string of the molecule is C[C@@H](NC(=O)COC(=O)c1cccc(C(F)(F)F)c1)c1ccc2c(c1)OCO2. The molecule has 0 unspecified atom stereocenters. The Morgan fingerprint density at radius 3 is 2.64 bits per heavy atom. The molecule has 0 aromatic heterocycles. The molecule has 3 rings (SSSR count). The summed E-state index contributed by atoms with van der Waals surface area (Å²) in [5.41, 5.74) is -0.504. The lowest BCUT2D eigenvalue weighted by Gasteiger charge is -2.15. The molecule has 2 aromatic carbocycles. The van der Waals surface area contributed by atoms with Crippen molar-refractivity contribution in [2.24, 2.45) is 0 Å². The fourth-order valence-electron chi connectivity index (χ4n) is 2.59. The Morgan fingerprint density at radius 1 is 1.14 bits per heavy atom. The van der Waals surface area contributed by atoms with Crippen LogP contribution < -0.4 is 14.8 Å². The van der Waals surface area contributed by atoms with E-state index in [0.717, 1.165) is 17.7 Å². The number of rotatable bonds is 5. The third-order valence-electron chi connectivity index (χ3n) is 4.03. The first-order chi connectivity index (χ1) is 13.2. The molecule has 0 aliphatic carbocycles. The lowest BCUT2D eigenvalue weighted by atomic mass is 10.1. The van der Waals surface area contributed by atoms with Crippen molar-refractivity contribution in [3.63, 3.8) is 0 Å². The van der Waals surface area contributed by atoms with Crippen LogP contribution in [0.15, 0.2) is 42.5 Å². The smallest absolute Gasteiger partial charge is 0.416 e. The van der Waals surface area contributed by atoms with Gasteiger partial charge in [-0.15, -0.1) is 0 Å². The second kappa shape index (κ2) is 7.79. The van der Waals surface area contributed by atoms with Crippen molar-refractivity contribution in [2.75, 3.05) is 13.4 Å². The quantitative estimate of drug-likeness (QED) is 0.785. The van der Waals surface area contributed by atoms with Crippen LogP contribution in [-0.4, -0.2) is 25.3 Å². The number of hydrogen-bond acceptors (Lipinski definition) is 5. The van der Waals surface area contributed by atoms with E-state index < -0.39 is 36.3 Å². The third-order valence-corrected chi connectivity index (χ3v) is 4.03. The van der Waals surface area contributed by atoms with Crippen LogP contribution in [0.4, 0.5) is 13.2 Å². The summed E-state index contributed by atoms with van der Waals surface area (Å²) in [5, 5.41) is 2.64. The maximum atomic E-state index is 12.7. The topological polar surface area (TPSA) is 73.9 Å². The number of fused-ring (bicyclic) bond motifs is 1. The fourth-order valence-corrected chi connectivity index (χ4v) is 2.59. The number of alkyl halides is 3. The number of benzene rings is 2. The van der Waals surface area contributed by atoms with Crippen molar-refractivity contribution < 1.29 is 37.0 Å². The van der Waals surface area contributed by atoms with Gasteiger partial charge in [0.15, 0.2) is 18.1 Å². The predicted molar refractivity (Wildman–Crippen MR) is 90.8 cm³/mol. The van der Waals surface area contributed by atoms with Gasteiger partial charge in [-0.25, -0.2) is 4.79 Å². The molecule has 0 saturated heterocycles.